The van der Waals surface area contributed by atoms with E-state index in [4.69, 9.17) is 77.7 Å². The number of methoxy groups -OCH3 is 5. The second kappa shape index (κ2) is 76.4. The number of benzene rings is 9. The summed E-state index contributed by atoms with van der Waals surface area (Å²) in [6.07, 6.45) is 0. The molecule has 0 aromatic heterocycles. The van der Waals surface area contributed by atoms with Gasteiger partial charge in [-0.1, -0.05) is 107 Å². The zero-order chi connectivity index (χ0) is 89.4. The molecule has 0 saturated heterocycles. The van der Waals surface area contributed by atoms with Gasteiger partial charge in [-0.2, -0.15) is 0 Å². The number of hydrogen-bond acceptors (Lipinski definition) is 24. The molecule has 0 fully saturated rings. The largest absolute Gasteiger partial charge is 1.00 e. The summed E-state index contributed by atoms with van der Waals surface area (Å²) < 4.78 is 146. The Labute approximate surface area is 931 Å². The number of ether oxygens (including phenoxy) is 10. The van der Waals surface area contributed by atoms with Gasteiger partial charge in [0, 0.05) is 59.2 Å². The molecular formula is C79H82BBr5F7IK4NO22S. The van der Waals surface area contributed by atoms with Crippen LogP contribution < -0.4 is 249 Å². The van der Waals surface area contributed by atoms with Crippen LogP contribution in [0.3, 0.4) is 0 Å². The molecule has 639 valence electrons. The van der Waals surface area contributed by atoms with Crippen LogP contribution >= 0.6 is 111 Å². The van der Waals surface area contributed by atoms with Crippen LogP contribution in [0.25, 0.3) is 0 Å². The first kappa shape index (κ1) is 129. The summed E-state index contributed by atoms with van der Waals surface area (Å²) in [6.45, 7) is 13.0. The van der Waals surface area contributed by atoms with E-state index >= 15 is 0 Å². The Bertz CT molecular complexity index is 4560. The quantitative estimate of drug-likeness (QED) is 0.00778. The van der Waals surface area contributed by atoms with Gasteiger partial charge in [-0.3, -0.25) is 14.4 Å². The van der Waals surface area contributed by atoms with Gasteiger partial charge >= 0.3 is 248 Å². The monoisotopic (exact) mass is 2250 g/mol. The van der Waals surface area contributed by atoms with Gasteiger partial charge in [-0.15, -0.1) is 0 Å². The average molecular weight is 2260 g/mol. The third kappa shape index (κ3) is 49.2. The van der Waals surface area contributed by atoms with E-state index in [0.29, 0.717) is 54.7 Å². The molecule has 1 radical (unpaired) electrons. The molecule has 0 amide bonds. The number of hydrogen-bond donors (Lipinski definition) is 3. The number of ketones is 1. The zero-order valence-corrected chi connectivity index (χ0v) is 92.2. The summed E-state index contributed by atoms with van der Waals surface area (Å²) in [5.74, 6) is -4.41. The Morgan fingerprint density at radius 2 is 0.884 bits per heavy atom. The van der Waals surface area contributed by atoms with Gasteiger partial charge in [0.1, 0.15) is 24.7 Å². The summed E-state index contributed by atoms with van der Waals surface area (Å²) >= 11 is 20.4. The van der Waals surface area contributed by atoms with Crippen molar-refractivity contribution in [1.82, 2.24) is 0 Å². The predicted octanol–water partition coefficient (Wildman–Crippen LogP) is 7.16. The molecule has 1 heterocycles. The van der Waals surface area contributed by atoms with E-state index in [9.17, 15) is 49.9 Å². The Kier molecular flexibility index (Phi) is 81.6. The molecule has 0 atom stereocenters. The minimum atomic E-state index is -0.617. The molecule has 2 N–H and O–H groups in total. The third-order valence-corrected chi connectivity index (χ3v) is 16.3. The maximum absolute atomic E-state index is 13.8. The van der Waals surface area contributed by atoms with E-state index in [0.717, 1.165) is 39.4 Å². The number of esters is 3. The van der Waals surface area contributed by atoms with Gasteiger partial charge in [0.15, 0.2) is 86.8 Å². The van der Waals surface area contributed by atoms with Crippen molar-refractivity contribution in [3.8, 4) is 51.7 Å². The van der Waals surface area contributed by atoms with Gasteiger partial charge in [0.25, 0.3) is 12.9 Å². The second-order valence-electron chi connectivity index (χ2n) is 21.5. The summed E-state index contributed by atoms with van der Waals surface area (Å²) in [6, 6.07) is 36.5. The number of rotatable bonds is 17. The van der Waals surface area contributed by atoms with Crippen molar-refractivity contribution in [1.29, 1.82) is 0 Å². The first-order valence-corrected chi connectivity index (χ1v) is 41.8. The Morgan fingerprint density at radius 3 is 1.31 bits per heavy atom. The number of alkyl halides is 2. The Morgan fingerprint density at radius 1 is 0.521 bits per heavy atom. The number of fused-ring (bicyclic) bond motifs is 2. The molecule has 23 nitrogen and oxygen atoms in total. The molecular weight excluding hydrogens is 2170 g/mol. The molecule has 0 aliphatic carbocycles. The van der Waals surface area contributed by atoms with E-state index < -0.39 is 52.8 Å². The molecule has 0 bridgehead atoms. The number of thiol groups is 1. The van der Waals surface area contributed by atoms with Crippen molar-refractivity contribution in [3.05, 3.63) is 262 Å². The molecule has 10 rings (SSSR count). The molecule has 1 aliphatic heterocycles. The van der Waals surface area contributed by atoms with Gasteiger partial charge in [-0.05, 0) is 190 Å². The number of halogens is 13. The Balaban J connectivity index is -0.000000205. The summed E-state index contributed by atoms with van der Waals surface area (Å²) in [5.41, 5.74) is 6.39. The van der Waals surface area contributed by atoms with Crippen LogP contribution in [0.2, 0.25) is 0 Å². The third-order valence-electron chi connectivity index (χ3n) is 14.0. The molecule has 9 aromatic rings. The van der Waals surface area contributed by atoms with Gasteiger partial charge < -0.3 is 80.7 Å². The number of aromatic hydroxyl groups is 2. The van der Waals surface area contributed by atoms with Crippen LogP contribution in [-0.4, -0.2) is 115 Å². The van der Waals surface area contributed by atoms with E-state index in [-0.39, 0.29) is 323 Å². The van der Waals surface area contributed by atoms with Crippen molar-refractivity contribution in [3.63, 3.8) is 0 Å². The summed E-state index contributed by atoms with van der Waals surface area (Å²) in [7, 11) is 11.3. The summed E-state index contributed by atoms with van der Waals surface area (Å²) in [4.78, 5) is 71.7. The van der Waals surface area contributed by atoms with Crippen molar-refractivity contribution in [2.24, 2.45) is 4.30 Å². The van der Waals surface area contributed by atoms with Crippen molar-refractivity contribution in [2.45, 2.75) is 67.0 Å². The average Bonchev–Trinajstić information content (AvgIpc) is 1.67. The summed E-state index contributed by atoms with van der Waals surface area (Å²) in [5, 5.41) is 34.8. The predicted molar refractivity (Wildman–Crippen MR) is 452 cm³/mol. The maximum atomic E-state index is 13.8. The molecule has 9 aromatic carbocycles. The first-order valence-electron chi connectivity index (χ1n) is 32.8. The standard InChI is InChI=1S/C17H17FO4.C15H11FO3.C11H12BrFO3.C11H13FO3.C8H8BrFO.C7H6BrFO.C7H7FO.CH3I.2CH2O3.BHNS.Br2.4K.2H/c1-3-21-17(19)14-10-15(18)16(20-2)9-12(14)11-22-13-7-5-4-6-8-13;1-18-14-6-9-8-19-13-5-3-2-4-10(13)15(17)11(9)7-12(14)16;1-3-16-11(14)8-5-9(13)10(15-2)4-7(8)6-12;1-4-15-11(13)8-6-9(12)10(14-3)5-7(8)2;1-5-3-8(11-2)7(10)4-6(5)9;1-4-2-7(10)6(9)3-5(4)8;1-5-2-3-6(8)7(9)4-5;1-2;2*2-1-4-3;1-2-3;1-2;;;;;;/h4-10H,3,11H2,1-2H3;2-7H,8H2,1H3;4-5H,3,6H2,1-2H3;5-6H,4H2,1-3H3;3-4H,1-2H3;2-3,10H,1H3;2-4,9H,1H3;1H3;2*1,3H;3H;;;;;;;/q;;;;;;;;;;;;4*+1;2*-1/p-2. The van der Waals surface area contributed by atoms with Gasteiger partial charge in [-0.25, -0.2) is 45.1 Å². The van der Waals surface area contributed by atoms with Crippen LogP contribution in [0, 0.1) is 68.4 Å². The van der Waals surface area contributed by atoms with Crippen LogP contribution in [0.1, 0.15) is 110 Å². The number of nitrogens with zero attached hydrogens (tertiary/aromatic N) is 1. The smallest absolute Gasteiger partial charge is 1.00 e. The molecule has 0 spiro atoms. The topological polar surface area (TPSA) is 312 Å². The van der Waals surface area contributed by atoms with Crippen molar-refractivity contribution in [2.75, 3.05) is 60.3 Å². The van der Waals surface area contributed by atoms with E-state index in [2.05, 4.69) is 133 Å². The molecule has 0 saturated carbocycles. The molecule has 42 heteroatoms. The minimum absolute atomic E-state index is 0. The molecule has 121 heavy (non-hydrogen) atoms. The Hall–Kier alpha value is -2.48. The maximum Gasteiger partial charge on any atom is 1.00 e. The molecule has 0 unspecified atom stereocenters. The van der Waals surface area contributed by atoms with Crippen LogP contribution in [0.5, 0.6) is 51.7 Å². The van der Waals surface area contributed by atoms with E-state index in [1.807, 2.05) is 30.1 Å². The van der Waals surface area contributed by atoms with E-state index in [1.54, 1.807) is 90.1 Å². The zero-order valence-electron chi connectivity index (χ0n) is 70.7. The van der Waals surface area contributed by atoms with Crippen LogP contribution in [0.4, 0.5) is 30.7 Å². The fraction of sp³-hybridized carbons (Fsp3) is 0.241. The normalized spacial score (nSPS) is 9.40. The molecule has 1 aliphatic rings. The number of phenolic OH excluding ortho intramolecular Hbond substituents is 2. The van der Waals surface area contributed by atoms with E-state index in [1.165, 1.54) is 96.2 Å². The SMILES string of the molecule is BrBr.CCOC(=O)c1cc(F)c(OC)cc1C.CCOC(=O)c1cc(F)c(OC)cc1CBr.CCOC(=O)c1cc(F)c(OC)cc1COc1ccccc1.CI.COc1cc(C)c(Br)cc1F.COc1cc2c(cc1F)C(=O)c1ccccc1OC2.Cc1cc(O)c(F)cc1Br.Cc1ccc(F)c(O)c1.O=CO[O-].O=CO[O-].[B]=NS.[H-].[H-].[K+].[K+].[K+].[K+]. The fourth-order valence-corrected chi connectivity index (χ4v) is 9.76. The van der Waals surface area contributed by atoms with Gasteiger partial charge in [0.2, 0.25) is 0 Å². The number of aryl methyl sites for hydroxylation is 4. The second-order valence-corrected chi connectivity index (χ2v) is 24.0. The van der Waals surface area contributed by atoms with Gasteiger partial charge in [0.05, 0.1) is 77.6 Å². The first-order chi connectivity index (χ1) is 55.8. The van der Waals surface area contributed by atoms with Crippen molar-refractivity contribution >= 4 is 156 Å². The number of carbonyl (C=O) groups excluding carboxylic acids is 6. The van der Waals surface area contributed by atoms with Crippen LogP contribution in [-0.2, 0) is 52.1 Å². The number of carbonyl (C=O) groups is 6. The van der Waals surface area contributed by atoms with Crippen LogP contribution in [0.15, 0.2) is 159 Å². The number of para-hydroxylation sites is 2. The van der Waals surface area contributed by atoms with Crippen molar-refractivity contribution < 1.29 is 346 Å². The fourth-order valence-electron chi connectivity index (χ4n) is 8.66. The minimum Gasteiger partial charge on any atom is -1.00 e. The number of phenols is 2.